The molecule has 0 saturated carbocycles. The van der Waals surface area contributed by atoms with Crippen LogP contribution in [0, 0.1) is 0 Å². The van der Waals surface area contributed by atoms with Crippen LogP contribution in [0.5, 0.6) is 0 Å². The van der Waals surface area contributed by atoms with Gasteiger partial charge in [0.25, 0.3) is 5.91 Å². The molecule has 1 fully saturated rings. The minimum Gasteiger partial charge on any atom is -0.368 e. The highest BCUT2D eigenvalue weighted by Gasteiger charge is 2.14. The van der Waals surface area contributed by atoms with Crippen LogP contribution < -0.4 is 10.2 Å². The van der Waals surface area contributed by atoms with E-state index in [1.807, 2.05) is 48.9 Å². The van der Waals surface area contributed by atoms with Gasteiger partial charge in [-0.1, -0.05) is 0 Å². The number of benzene rings is 1. The third-order valence-electron chi connectivity index (χ3n) is 4.21. The SMILES string of the molecule is CSc1ccc(C(=O)Nc2ccc(N3CCN(C)CC3)cn2)cc1. The molecular formula is C18H22N4OS. The number of pyridine rings is 1. The largest absolute Gasteiger partial charge is 0.368 e. The third kappa shape index (κ3) is 4.07. The molecule has 5 nitrogen and oxygen atoms in total. The summed E-state index contributed by atoms with van der Waals surface area (Å²) in [7, 11) is 2.14. The fourth-order valence-electron chi connectivity index (χ4n) is 2.64. The monoisotopic (exact) mass is 342 g/mol. The van der Waals surface area contributed by atoms with E-state index in [0.29, 0.717) is 11.4 Å². The molecule has 1 aliphatic heterocycles. The predicted molar refractivity (Wildman–Crippen MR) is 100 cm³/mol. The quantitative estimate of drug-likeness (QED) is 0.866. The van der Waals surface area contributed by atoms with Crippen LogP contribution in [0.2, 0.25) is 0 Å². The van der Waals surface area contributed by atoms with E-state index < -0.39 is 0 Å². The molecule has 1 aromatic heterocycles. The number of piperazine rings is 1. The lowest BCUT2D eigenvalue weighted by molar-refractivity contribution is 0.102. The molecule has 0 atom stereocenters. The highest BCUT2D eigenvalue weighted by atomic mass is 32.2. The van der Waals surface area contributed by atoms with Crippen molar-refractivity contribution in [3.63, 3.8) is 0 Å². The summed E-state index contributed by atoms with van der Waals surface area (Å²) in [6.07, 6.45) is 3.85. The molecule has 0 aliphatic carbocycles. The zero-order valence-corrected chi connectivity index (χ0v) is 14.8. The predicted octanol–water partition coefficient (Wildman–Crippen LogP) is 2.81. The van der Waals surface area contributed by atoms with E-state index in [0.717, 1.165) is 36.8 Å². The van der Waals surface area contributed by atoms with Crippen LogP contribution in [0.1, 0.15) is 10.4 Å². The molecule has 126 valence electrons. The number of anilines is 2. The number of rotatable bonds is 4. The fraction of sp³-hybridized carbons (Fsp3) is 0.333. The summed E-state index contributed by atoms with van der Waals surface area (Å²) < 4.78 is 0. The highest BCUT2D eigenvalue weighted by Crippen LogP contribution is 2.18. The van der Waals surface area contributed by atoms with Gasteiger partial charge in [0, 0.05) is 36.6 Å². The van der Waals surface area contributed by atoms with Crippen molar-refractivity contribution < 1.29 is 4.79 Å². The molecule has 0 spiro atoms. The van der Waals surface area contributed by atoms with Gasteiger partial charge in [0.1, 0.15) is 5.82 Å². The third-order valence-corrected chi connectivity index (χ3v) is 4.95. The van der Waals surface area contributed by atoms with Crippen molar-refractivity contribution in [2.24, 2.45) is 0 Å². The highest BCUT2D eigenvalue weighted by molar-refractivity contribution is 7.98. The van der Waals surface area contributed by atoms with Crippen molar-refractivity contribution in [2.45, 2.75) is 4.90 Å². The van der Waals surface area contributed by atoms with Crippen LogP contribution in [0.25, 0.3) is 0 Å². The number of nitrogens with one attached hydrogen (secondary N) is 1. The van der Waals surface area contributed by atoms with Crippen LogP contribution in [0.3, 0.4) is 0 Å². The molecule has 1 N–H and O–H groups in total. The van der Waals surface area contributed by atoms with E-state index in [1.54, 1.807) is 11.8 Å². The lowest BCUT2D eigenvalue weighted by Crippen LogP contribution is -2.44. The van der Waals surface area contributed by atoms with E-state index >= 15 is 0 Å². The minimum atomic E-state index is -0.137. The Morgan fingerprint density at radius 3 is 2.38 bits per heavy atom. The summed E-state index contributed by atoms with van der Waals surface area (Å²) in [4.78, 5) is 22.4. The summed E-state index contributed by atoms with van der Waals surface area (Å²) in [6, 6.07) is 11.4. The maximum Gasteiger partial charge on any atom is 0.256 e. The molecule has 1 aromatic carbocycles. The van der Waals surface area contributed by atoms with Gasteiger partial charge in [-0.15, -0.1) is 11.8 Å². The fourth-order valence-corrected chi connectivity index (χ4v) is 3.05. The second-order valence-electron chi connectivity index (χ2n) is 5.87. The van der Waals surface area contributed by atoms with Crippen molar-refractivity contribution in [1.82, 2.24) is 9.88 Å². The molecule has 24 heavy (non-hydrogen) atoms. The lowest BCUT2D eigenvalue weighted by atomic mass is 10.2. The van der Waals surface area contributed by atoms with Crippen molar-refractivity contribution in [3.05, 3.63) is 48.2 Å². The molecule has 2 heterocycles. The summed E-state index contributed by atoms with van der Waals surface area (Å²) >= 11 is 1.66. The summed E-state index contributed by atoms with van der Waals surface area (Å²) in [6.45, 7) is 4.13. The van der Waals surface area contributed by atoms with Gasteiger partial charge in [0.05, 0.1) is 11.9 Å². The molecule has 1 aliphatic rings. The number of amides is 1. The maximum absolute atomic E-state index is 12.3. The van der Waals surface area contributed by atoms with E-state index in [1.165, 1.54) is 0 Å². The van der Waals surface area contributed by atoms with Gasteiger partial charge in [-0.3, -0.25) is 4.79 Å². The lowest BCUT2D eigenvalue weighted by Gasteiger charge is -2.33. The van der Waals surface area contributed by atoms with E-state index in [2.05, 4.69) is 27.1 Å². The van der Waals surface area contributed by atoms with Crippen LogP contribution in [0.4, 0.5) is 11.5 Å². The van der Waals surface area contributed by atoms with Crippen molar-refractivity contribution >= 4 is 29.2 Å². The number of hydrogen-bond acceptors (Lipinski definition) is 5. The van der Waals surface area contributed by atoms with Gasteiger partial charge in [0.2, 0.25) is 0 Å². The van der Waals surface area contributed by atoms with E-state index in [9.17, 15) is 4.79 Å². The molecule has 2 aromatic rings. The van der Waals surface area contributed by atoms with Gasteiger partial charge in [-0.2, -0.15) is 0 Å². The normalized spacial score (nSPS) is 15.3. The maximum atomic E-state index is 12.3. The van der Waals surface area contributed by atoms with E-state index in [-0.39, 0.29) is 5.91 Å². The Bertz CT molecular complexity index is 679. The average molecular weight is 342 g/mol. The number of carbonyl (C=O) groups is 1. The standard InChI is InChI=1S/C18H22N4OS/c1-21-9-11-22(12-10-21)15-5-8-17(19-13-15)20-18(23)14-3-6-16(24-2)7-4-14/h3-8,13H,9-12H2,1-2H3,(H,19,20,23). The van der Waals surface area contributed by atoms with Gasteiger partial charge in [-0.25, -0.2) is 4.98 Å². The molecule has 1 saturated heterocycles. The zero-order valence-electron chi connectivity index (χ0n) is 14.0. The molecule has 0 bridgehead atoms. The number of carbonyl (C=O) groups excluding carboxylic acids is 1. The first kappa shape index (κ1) is 16.8. The van der Waals surface area contributed by atoms with Crippen LogP contribution in [-0.2, 0) is 0 Å². The number of hydrogen-bond donors (Lipinski definition) is 1. The molecule has 0 radical (unpaired) electrons. The van der Waals surface area contributed by atoms with Crippen LogP contribution in [-0.4, -0.2) is 55.3 Å². The first-order chi connectivity index (χ1) is 11.7. The summed E-state index contributed by atoms with van der Waals surface area (Å²) in [5.41, 5.74) is 1.74. The number of aromatic nitrogens is 1. The summed E-state index contributed by atoms with van der Waals surface area (Å²) in [5.74, 6) is 0.439. The number of thioether (sulfide) groups is 1. The Balaban J connectivity index is 1.62. The molecule has 1 amide bonds. The Kier molecular flexibility index (Phi) is 5.37. The van der Waals surface area contributed by atoms with E-state index in [4.69, 9.17) is 0 Å². The molecule has 0 unspecified atom stereocenters. The van der Waals surface area contributed by atoms with Crippen molar-refractivity contribution in [2.75, 3.05) is 49.7 Å². The second kappa shape index (κ2) is 7.68. The Labute approximate surface area is 147 Å². The second-order valence-corrected chi connectivity index (χ2v) is 6.75. The van der Waals surface area contributed by atoms with Gasteiger partial charge < -0.3 is 15.1 Å². The summed E-state index contributed by atoms with van der Waals surface area (Å²) in [5, 5.41) is 2.85. The zero-order chi connectivity index (χ0) is 16.9. The van der Waals surface area contributed by atoms with Gasteiger partial charge in [0.15, 0.2) is 0 Å². The van der Waals surface area contributed by atoms with Crippen LogP contribution >= 0.6 is 11.8 Å². The smallest absolute Gasteiger partial charge is 0.256 e. The van der Waals surface area contributed by atoms with Crippen molar-refractivity contribution in [3.8, 4) is 0 Å². The van der Waals surface area contributed by atoms with Crippen molar-refractivity contribution in [1.29, 1.82) is 0 Å². The molecular weight excluding hydrogens is 320 g/mol. The van der Waals surface area contributed by atoms with Gasteiger partial charge >= 0.3 is 0 Å². The first-order valence-corrected chi connectivity index (χ1v) is 9.23. The average Bonchev–Trinajstić information content (AvgIpc) is 2.63. The first-order valence-electron chi connectivity index (χ1n) is 8.00. The number of nitrogens with zero attached hydrogens (tertiary/aromatic N) is 3. The van der Waals surface area contributed by atoms with Gasteiger partial charge in [-0.05, 0) is 49.7 Å². The molecule has 3 rings (SSSR count). The number of likely N-dealkylation sites (N-methyl/N-ethyl adjacent to an activating group) is 1. The van der Waals surface area contributed by atoms with Crippen LogP contribution in [0.15, 0.2) is 47.5 Å². The minimum absolute atomic E-state index is 0.137. The Hall–Kier alpha value is -2.05. The molecule has 6 heteroatoms. The Morgan fingerprint density at radius 1 is 1.08 bits per heavy atom. The Morgan fingerprint density at radius 2 is 1.79 bits per heavy atom. The topological polar surface area (TPSA) is 48.5 Å².